The van der Waals surface area contributed by atoms with Gasteiger partial charge < -0.3 is 5.73 Å². The maximum Gasteiger partial charge on any atom is 0.130 e. The zero-order valence-electron chi connectivity index (χ0n) is 10.6. The molecule has 0 aliphatic rings. The molecule has 94 valence electrons. The van der Waals surface area contributed by atoms with Gasteiger partial charge in [0.15, 0.2) is 0 Å². The van der Waals surface area contributed by atoms with Crippen LogP contribution in [0.2, 0.25) is 0 Å². The summed E-state index contributed by atoms with van der Waals surface area (Å²) in [7, 11) is 0. The van der Waals surface area contributed by atoms with E-state index in [9.17, 15) is 4.39 Å². The van der Waals surface area contributed by atoms with Crippen molar-refractivity contribution in [2.75, 3.05) is 5.73 Å². The Bertz CT molecular complexity index is 547. The summed E-state index contributed by atoms with van der Waals surface area (Å²) >= 11 is 0. The van der Waals surface area contributed by atoms with E-state index in [-0.39, 0.29) is 5.82 Å². The van der Waals surface area contributed by atoms with E-state index in [1.807, 2.05) is 13.0 Å². The van der Waals surface area contributed by atoms with Crippen LogP contribution in [0.15, 0.2) is 24.5 Å². The number of halogens is 1. The molecule has 1 aromatic heterocycles. The molecule has 2 N–H and O–H groups in total. The molecule has 0 saturated carbocycles. The van der Waals surface area contributed by atoms with Gasteiger partial charge in [0, 0.05) is 11.1 Å². The summed E-state index contributed by atoms with van der Waals surface area (Å²) in [6.07, 6.45) is 3.15. The normalized spacial score (nSPS) is 10.6. The Labute approximate surface area is 106 Å². The number of benzene rings is 1. The molecule has 4 heteroatoms. The molecule has 0 unspecified atom stereocenters. The van der Waals surface area contributed by atoms with Crippen molar-refractivity contribution in [3.8, 4) is 11.3 Å². The number of aromatic nitrogens is 2. The molecule has 0 spiro atoms. The second kappa shape index (κ2) is 5.12. The maximum atomic E-state index is 13.5. The van der Waals surface area contributed by atoms with E-state index in [1.54, 1.807) is 0 Å². The third-order valence-electron chi connectivity index (χ3n) is 2.79. The maximum absolute atomic E-state index is 13.5. The average Bonchev–Trinajstić information content (AvgIpc) is 2.30. The quantitative estimate of drug-likeness (QED) is 0.903. The molecule has 2 rings (SSSR count). The van der Waals surface area contributed by atoms with Crippen molar-refractivity contribution in [1.82, 2.24) is 9.97 Å². The SMILES string of the molecule is CCCc1c(N)ncnc1-c1cc(C)cc(F)c1. The smallest absolute Gasteiger partial charge is 0.130 e. The van der Waals surface area contributed by atoms with E-state index in [0.717, 1.165) is 35.2 Å². The van der Waals surface area contributed by atoms with Crippen molar-refractivity contribution >= 4 is 5.82 Å². The predicted octanol–water partition coefficient (Wildman–Crippen LogP) is 3.13. The lowest BCUT2D eigenvalue weighted by atomic mass is 10.0. The lowest BCUT2D eigenvalue weighted by molar-refractivity contribution is 0.627. The Morgan fingerprint density at radius 3 is 2.67 bits per heavy atom. The summed E-state index contributed by atoms with van der Waals surface area (Å²) in [5, 5.41) is 0. The second-order valence-electron chi connectivity index (χ2n) is 4.35. The van der Waals surface area contributed by atoms with Crippen molar-refractivity contribution in [2.24, 2.45) is 0 Å². The summed E-state index contributed by atoms with van der Waals surface area (Å²) < 4.78 is 13.5. The molecule has 0 aliphatic heterocycles. The summed E-state index contributed by atoms with van der Waals surface area (Å²) in [6.45, 7) is 3.92. The number of hydrogen-bond acceptors (Lipinski definition) is 3. The van der Waals surface area contributed by atoms with Crippen LogP contribution in [-0.2, 0) is 6.42 Å². The molecular weight excluding hydrogens is 229 g/mol. The van der Waals surface area contributed by atoms with Gasteiger partial charge in [0.25, 0.3) is 0 Å². The van der Waals surface area contributed by atoms with Gasteiger partial charge in [-0.3, -0.25) is 0 Å². The Kier molecular flexibility index (Phi) is 3.55. The summed E-state index contributed by atoms with van der Waals surface area (Å²) in [5.74, 6) is 0.216. The molecule has 0 fully saturated rings. The van der Waals surface area contributed by atoms with Crippen LogP contribution in [0.1, 0.15) is 24.5 Å². The molecule has 1 aromatic carbocycles. The minimum atomic E-state index is -0.260. The first kappa shape index (κ1) is 12.5. The molecule has 1 heterocycles. The Morgan fingerprint density at radius 2 is 2.00 bits per heavy atom. The van der Waals surface area contributed by atoms with Gasteiger partial charge in [0.1, 0.15) is 18.0 Å². The van der Waals surface area contributed by atoms with Crippen molar-refractivity contribution in [3.05, 3.63) is 41.5 Å². The lowest BCUT2D eigenvalue weighted by Gasteiger charge is -2.10. The van der Waals surface area contributed by atoms with Gasteiger partial charge in [-0.15, -0.1) is 0 Å². The number of rotatable bonds is 3. The first-order valence-electron chi connectivity index (χ1n) is 5.98. The molecule has 18 heavy (non-hydrogen) atoms. The minimum absolute atomic E-state index is 0.260. The van der Waals surface area contributed by atoms with E-state index < -0.39 is 0 Å². The van der Waals surface area contributed by atoms with Gasteiger partial charge in [-0.05, 0) is 37.1 Å². The van der Waals surface area contributed by atoms with E-state index in [4.69, 9.17) is 5.73 Å². The molecule has 0 aliphatic carbocycles. The van der Waals surface area contributed by atoms with Crippen LogP contribution in [-0.4, -0.2) is 9.97 Å². The summed E-state index contributed by atoms with van der Waals surface area (Å²) in [6, 6.07) is 4.88. The van der Waals surface area contributed by atoms with Gasteiger partial charge in [-0.25, -0.2) is 14.4 Å². The molecule has 2 aromatic rings. The molecule has 3 nitrogen and oxygen atoms in total. The Morgan fingerprint density at radius 1 is 1.22 bits per heavy atom. The fourth-order valence-corrected chi connectivity index (χ4v) is 2.04. The number of hydrogen-bond donors (Lipinski definition) is 1. The number of nitrogens with two attached hydrogens (primary N) is 1. The minimum Gasteiger partial charge on any atom is -0.383 e. The number of nitrogen functional groups attached to an aromatic ring is 1. The van der Waals surface area contributed by atoms with Gasteiger partial charge in [0.2, 0.25) is 0 Å². The van der Waals surface area contributed by atoms with Crippen LogP contribution >= 0.6 is 0 Å². The number of nitrogens with zero attached hydrogens (tertiary/aromatic N) is 2. The van der Waals surface area contributed by atoms with E-state index in [0.29, 0.717) is 5.82 Å². The van der Waals surface area contributed by atoms with Crippen LogP contribution in [0.4, 0.5) is 10.2 Å². The number of aryl methyl sites for hydroxylation is 1. The standard InChI is InChI=1S/C14H16FN3/c1-3-4-12-13(17-8-18-14(12)16)10-5-9(2)6-11(15)7-10/h5-8H,3-4H2,1-2H3,(H2,16,17,18). The molecule has 0 saturated heterocycles. The highest BCUT2D eigenvalue weighted by Gasteiger charge is 2.11. The highest BCUT2D eigenvalue weighted by Crippen LogP contribution is 2.26. The molecular formula is C14H16FN3. The first-order chi connectivity index (χ1) is 8.61. The van der Waals surface area contributed by atoms with Crippen LogP contribution < -0.4 is 5.73 Å². The van der Waals surface area contributed by atoms with Crippen molar-refractivity contribution in [1.29, 1.82) is 0 Å². The van der Waals surface area contributed by atoms with E-state index in [2.05, 4.69) is 16.9 Å². The third-order valence-corrected chi connectivity index (χ3v) is 2.79. The highest BCUT2D eigenvalue weighted by atomic mass is 19.1. The number of anilines is 1. The molecule has 0 bridgehead atoms. The van der Waals surface area contributed by atoms with Gasteiger partial charge >= 0.3 is 0 Å². The monoisotopic (exact) mass is 245 g/mol. The van der Waals surface area contributed by atoms with Crippen LogP contribution in [0.25, 0.3) is 11.3 Å². The van der Waals surface area contributed by atoms with Crippen molar-refractivity contribution in [2.45, 2.75) is 26.7 Å². The van der Waals surface area contributed by atoms with Crippen LogP contribution in [0.5, 0.6) is 0 Å². The second-order valence-corrected chi connectivity index (χ2v) is 4.35. The first-order valence-corrected chi connectivity index (χ1v) is 5.98. The van der Waals surface area contributed by atoms with Gasteiger partial charge in [-0.1, -0.05) is 13.3 Å². The Balaban J connectivity index is 2.59. The lowest BCUT2D eigenvalue weighted by Crippen LogP contribution is -2.02. The average molecular weight is 245 g/mol. The molecule has 0 radical (unpaired) electrons. The fraction of sp³-hybridized carbons (Fsp3) is 0.286. The predicted molar refractivity (Wildman–Crippen MR) is 70.6 cm³/mol. The van der Waals surface area contributed by atoms with Gasteiger partial charge in [-0.2, -0.15) is 0 Å². The zero-order valence-corrected chi connectivity index (χ0v) is 10.6. The Hall–Kier alpha value is -1.97. The van der Waals surface area contributed by atoms with Gasteiger partial charge in [0.05, 0.1) is 5.69 Å². The van der Waals surface area contributed by atoms with Crippen molar-refractivity contribution < 1.29 is 4.39 Å². The third kappa shape index (κ3) is 2.47. The largest absolute Gasteiger partial charge is 0.383 e. The summed E-state index contributed by atoms with van der Waals surface area (Å²) in [4.78, 5) is 8.25. The highest BCUT2D eigenvalue weighted by molar-refractivity contribution is 5.68. The topological polar surface area (TPSA) is 51.8 Å². The van der Waals surface area contributed by atoms with E-state index >= 15 is 0 Å². The fourth-order valence-electron chi connectivity index (χ4n) is 2.04. The zero-order chi connectivity index (χ0) is 13.1. The van der Waals surface area contributed by atoms with Crippen LogP contribution in [0.3, 0.4) is 0 Å². The summed E-state index contributed by atoms with van der Waals surface area (Å²) in [5.41, 5.74) is 9.12. The van der Waals surface area contributed by atoms with E-state index in [1.165, 1.54) is 18.5 Å². The molecule has 0 amide bonds. The van der Waals surface area contributed by atoms with Crippen LogP contribution in [0, 0.1) is 12.7 Å². The van der Waals surface area contributed by atoms with Crippen molar-refractivity contribution in [3.63, 3.8) is 0 Å². The molecule has 0 atom stereocenters.